The maximum Gasteiger partial charge on any atom is 0.0580 e. The van der Waals surface area contributed by atoms with Crippen molar-refractivity contribution >= 4 is 0 Å². The summed E-state index contributed by atoms with van der Waals surface area (Å²) in [7, 11) is 2.20. The first kappa shape index (κ1) is 12.3. The molecule has 0 bridgehead atoms. The zero-order valence-corrected chi connectivity index (χ0v) is 10.5. The number of nitrogens with one attached hydrogen (secondary N) is 1. The van der Waals surface area contributed by atoms with Crippen molar-refractivity contribution < 1.29 is 5.11 Å². The minimum absolute atomic E-state index is 0.0532. The number of hydrogen-bond donors (Lipinski definition) is 2. The van der Waals surface area contributed by atoms with Gasteiger partial charge in [-0.25, -0.2) is 0 Å². The SMILES string of the molecule is CN1CCCC(NCC2CCCCC2O)C1. The minimum atomic E-state index is -0.0532. The van der Waals surface area contributed by atoms with E-state index in [1.807, 2.05) is 0 Å². The Labute approximate surface area is 99.2 Å². The second-order valence-electron chi connectivity index (χ2n) is 5.62. The van der Waals surface area contributed by atoms with Gasteiger partial charge in [-0.1, -0.05) is 12.8 Å². The number of piperidine rings is 1. The normalized spacial score (nSPS) is 37.5. The quantitative estimate of drug-likeness (QED) is 0.759. The van der Waals surface area contributed by atoms with E-state index in [1.54, 1.807) is 0 Å². The molecule has 1 saturated carbocycles. The van der Waals surface area contributed by atoms with Gasteiger partial charge in [-0.05, 0) is 45.2 Å². The topological polar surface area (TPSA) is 35.5 Å². The van der Waals surface area contributed by atoms with Crippen molar-refractivity contribution in [1.29, 1.82) is 0 Å². The second-order valence-corrected chi connectivity index (χ2v) is 5.62. The van der Waals surface area contributed by atoms with Crippen molar-refractivity contribution in [3.05, 3.63) is 0 Å². The summed E-state index contributed by atoms with van der Waals surface area (Å²) in [5.74, 6) is 0.501. The lowest BCUT2D eigenvalue weighted by Gasteiger charge is -2.33. The summed E-state index contributed by atoms with van der Waals surface area (Å²) in [6.07, 6.45) is 7.28. The van der Waals surface area contributed by atoms with Gasteiger partial charge >= 0.3 is 0 Å². The lowest BCUT2D eigenvalue weighted by atomic mass is 9.86. The third kappa shape index (κ3) is 3.44. The largest absolute Gasteiger partial charge is 0.393 e. The van der Waals surface area contributed by atoms with E-state index in [2.05, 4.69) is 17.3 Å². The fourth-order valence-electron chi connectivity index (χ4n) is 3.08. The molecule has 2 rings (SSSR count). The Morgan fingerprint density at radius 1 is 1.19 bits per heavy atom. The summed E-state index contributed by atoms with van der Waals surface area (Å²) in [5.41, 5.74) is 0. The Kier molecular flexibility index (Phi) is 4.62. The predicted molar refractivity (Wildman–Crippen MR) is 66.5 cm³/mol. The molecule has 3 nitrogen and oxygen atoms in total. The van der Waals surface area contributed by atoms with E-state index >= 15 is 0 Å². The molecule has 1 aliphatic heterocycles. The molecular weight excluding hydrogens is 200 g/mol. The molecule has 16 heavy (non-hydrogen) atoms. The Morgan fingerprint density at radius 2 is 2.00 bits per heavy atom. The van der Waals surface area contributed by atoms with E-state index in [1.165, 1.54) is 45.2 Å². The van der Waals surface area contributed by atoms with Gasteiger partial charge in [-0.2, -0.15) is 0 Å². The van der Waals surface area contributed by atoms with Crippen molar-refractivity contribution in [2.75, 3.05) is 26.7 Å². The van der Waals surface area contributed by atoms with E-state index in [0.29, 0.717) is 12.0 Å². The zero-order valence-electron chi connectivity index (χ0n) is 10.5. The standard InChI is InChI=1S/C13H26N2O/c1-15-8-4-6-12(10-15)14-9-11-5-2-3-7-13(11)16/h11-14,16H,2-10H2,1H3. The molecule has 1 heterocycles. The zero-order chi connectivity index (χ0) is 11.4. The van der Waals surface area contributed by atoms with Crippen LogP contribution in [0.15, 0.2) is 0 Å². The molecule has 2 aliphatic rings. The highest BCUT2D eigenvalue weighted by Gasteiger charge is 2.24. The van der Waals surface area contributed by atoms with Crippen LogP contribution in [0.3, 0.4) is 0 Å². The smallest absolute Gasteiger partial charge is 0.0580 e. The third-order valence-corrected chi connectivity index (χ3v) is 4.16. The van der Waals surface area contributed by atoms with Gasteiger partial charge in [0.1, 0.15) is 0 Å². The highest BCUT2D eigenvalue weighted by molar-refractivity contribution is 4.81. The summed E-state index contributed by atoms with van der Waals surface area (Å²) in [4.78, 5) is 2.40. The third-order valence-electron chi connectivity index (χ3n) is 4.16. The van der Waals surface area contributed by atoms with Crippen LogP contribution < -0.4 is 5.32 Å². The average Bonchev–Trinajstić information content (AvgIpc) is 2.28. The van der Waals surface area contributed by atoms with Crippen LogP contribution in [0.4, 0.5) is 0 Å². The van der Waals surface area contributed by atoms with Crippen molar-refractivity contribution in [1.82, 2.24) is 10.2 Å². The van der Waals surface area contributed by atoms with Gasteiger partial charge in [0.25, 0.3) is 0 Å². The molecule has 1 aliphatic carbocycles. The average molecular weight is 226 g/mol. The van der Waals surface area contributed by atoms with E-state index in [9.17, 15) is 5.11 Å². The molecule has 3 heteroatoms. The summed E-state index contributed by atoms with van der Waals surface area (Å²) in [5, 5.41) is 13.6. The Hall–Kier alpha value is -0.120. The number of aliphatic hydroxyl groups is 1. The van der Waals surface area contributed by atoms with E-state index in [4.69, 9.17) is 0 Å². The lowest BCUT2D eigenvalue weighted by molar-refractivity contribution is 0.0660. The maximum atomic E-state index is 9.90. The van der Waals surface area contributed by atoms with E-state index in [-0.39, 0.29) is 6.10 Å². The maximum absolute atomic E-state index is 9.90. The van der Waals surface area contributed by atoms with Crippen LogP contribution >= 0.6 is 0 Å². The number of hydrogen-bond acceptors (Lipinski definition) is 3. The first-order valence-corrected chi connectivity index (χ1v) is 6.85. The van der Waals surface area contributed by atoms with E-state index in [0.717, 1.165) is 13.0 Å². The Morgan fingerprint density at radius 3 is 2.75 bits per heavy atom. The highest BCUT2D eigenvalue weighted by atomic mass is 16.3. The molecule has 0 aromatic carbocycles. The van der Waals surface area contributed by atoms with Gasteiger partial charge < -0.3 is 15.3 Å². The van der Waals surface area contributed by atoms with Gasteiger partial charge in [0.2, 0.25) is 0 Å². The number of rotatable bonds is 3. The van der Waals surface area contributed by atoms with Crippen LogP contribution in [0.1, 0.15) is 38.5 Å². The number of nitrogens with zero attached hydrogens (tertiary/aromatic N) is 1. The number of likely N-dealkylation sites (tertiary alicyclic amines) is 1. The van der Waals surface area contributed by atoms with Crippen LogP contribution in [-0.4, -0.2) is 48.8 Å². The fourth-order valence-corrected chi connectivity index (χ4v) is 3.08. The summed E-state index contributed by atoms with van der Waals surface area (Å²) >= 11 is 0. The van der Waals surface area contributed by atoms with E-state index < -0.39 is 0 Å². The van der Waals surface area contributed by atoms with Crippen LogP contribution in [0.2, 0.25) is 0 Å². The monoisotopic (exact) mass is 226 g/mol. The van der Waals surface area contributed by atoms with Gasteiger partial charge in [0, 0.05) is 19.1 Å². The Balaban J connectivity index is 1.69. The molecule has 0 aromatic rings. The molecule has 94 valence electrons. The molecule has 2 fully saturated rings. The molecule has 3 atom stereocenters. The highest BCUT2D eigenvalue weighted by Crippen LogP contribution is 2.24. The fraction of sp³-hybridized carbons (Fsp3) is 1.00. The molecule has 1 saturated heterocycles. The summed E-state index contributed by atoms with van der Waals surface area (Å²) in [6.45, 7) is 3.42. The van der Waals surface area contributed by atoms with Crippen LogP contribution in [-0.2, 0) is 0 Å². The van der Waals surface area contributed by atoms with Crippen molar-refractivity contribution in [3.63, 3.8) is 0 Å². The van der Waals surface area contributed by atoms with Crippen molar-refractivity contribution in [3.8, 4) is 0 Å². The van der Waals surface area contributed by atoms with Crippen LogP contribution in [0, 0.1) is 5.92 Å². The second kappa shape index (κ2) is 5.99. The molecule has 0 spiro atoms. The number of likely N-dealkylation sites (N-methyl/N-ethyl adjacent to an activating group) is 1. The van der Waals surface area contributed by atoms with Crippen molar-refractivity contribution in [2.24, 2.45) is 5.92 Å². The van der Waals surface area contributed by atoms with Gasteiger partial charge in [0.15, 0.2) is 0 Å². The molecule has 0 radical (unpaired) electrons. The van der Waals surface area contributed by atoms with Crippen molar-refractivity contribution in [2.45, 2.75) is 50.7 Å². The number of aliphatic hydroxyl groups excluding tert-OH is 1. The molecule has 0 aromatic heterocycles. The van der Waals surface area contributed by atoms with Crippen LogP contribution in [0.25, 0.3) is 0 Å². The van der Waals surface area contributed by atoms with Crippen LogP contribution in [0.5, 0.6) is 0 Å². The Bertz CT molecular complexity index is 210. The minimum Gasteiger partial charge on any atom is -0.393 e. The molecule has 3 unspecified atom stereocenters. The lowest BCUT2D eigenvalue weighted by Crippen LogP contribution is -2.46. The summed E-state index contributed by atoms with van der Waals surface area (Å²) < 4.78 is 0. The molecule has 0 amide bonds. The summed E-state index contributed by atoms with van der Waals surface area (Å²) in [6, 6.07) is 0.646. The first-order chi connectivity index (χ1) is 7.75. The van der Waals surface area contributed by atoms with Gasteiger partial charge in [-0.15, -0.1) is 0 Å². The molecular formula is C13H26N2O. The van der Waals surface area contributed by atoms with Gasteiger partial charge in [-0.3, -0.25) is 0 Å². The van der Waals surface area contributed by atoms with Gasteiger partial charge in [0.05, 0.1) is 6.10 Å². The molecule has 2 N–H and O–H groups in total. The first-order valence-electron chi connectivity index (χ1n) is 6.85. The predicted octanol–water partition coefficient (Wildman–Crippen LogP) is 1.22.